The van der Waals surface area contributed by atoms with Gasteiger partial charge in [0.2, 0.25) is 0 Å². The molecule has 0 bridgehead atoms. The lowest BCUT2D eigenvalue weighted by molar-refractivity contribution is -0.385. The largest absolute Gasteiger partial charge is 0.342 e. The van der Waals surface area contributed by atoms with Crippen molar-refractivity contribution in [3.63, 3.8) is 0 Å². The molecule has 0 heterocycles. The zero-order valence-electron chi connectivity index (χ0n) is 12.0. The maximum Gasteiger partial charge on any atom is 0.273 e. The fourth-order valence-electron chi connectivity index (χ4n) is 2.38. The van der Waals surface area contributed by atoms with E-state index in [9.17, 15) is 10.1 Å². The Morgan fingerprint density at radius 2 is 1.95 bits per heavy atom. The van der Waals surface area contributed by atoms with Gasteiger partial charge in [0.05, 0.1) is 4.92 Å². The quantitative estimate of drug-likeness (QED) is 0.436. The highest BCUT2D eigenvalue weighted by molar-refractivity contribution is 9.08. The zero-order valence-corrected chi connectivity index (χ0v) is 13.6. The average molecular weight is 349 g/mol. The van der Waals surface area contributed by atoms with E-state index in [-0.39, 0.29) is 10.6 Å². The lowest BCUT2D eigenvalue weighted by Gasteiger charge is -2.25. The van der Waals surface area contributed by atoms with Crippen LogP contribution in [0.5, 0.6) is 0 Å². The molecule has 5 heteroatoms. The molecule has 0 saturated heterocycles. The van der Waals surface area contributed by atoms with E-state index in [0.717, 1.165) is 17.9 Å². The Morgan fingerprint density at radius 3 is 2.52 bits per heavy atom. The minimum absolute atomic E-state index is 0.150. The van der Waals surface area contributed by atoms with Crippen LogP contribution in [0.1, 0.15) is 18.1 Å². The van der Waals surface area contributed by atoms with Crippen LogP contribution in [0.3, 0.4) is 0 Å². The number of benzene rings is 2. The van der Waals surface area contributed by atoms with Gasteiger partial charge in [-0.05, 0) is 37.6 Å². The number of anilines is 2. The molecule has 0 aliphatic rings. The van der Waals surface area contributed by atoms with Crippen LogP contribution in [-0.4, -0.2) is 11.5 Å². The Kier molecular flexibility index (Phi) is 4.96. The summed E-state index contributed by atoms with van der Waals surface area (Å²) in [6, 6.07) is 13.4. The van der Waals surface area contributed by atoms with Gasteiger partial charge in [-0.3, -0.25) is 10.1 Å². The normalized spacial score (nSPS) is 10.4. The van der Waals surface area contributed by atoms with E-state index in [1.165, 1.54) is 5.56 Å². The fraction of sp³-hybridized carbons (Fsp3) is 0.250. The Balaban J connectivity index is 2.49. The Bertz CT molecular complexity index is 658. The third kappa shape index (κ3) is 3.24. The third-order valence-electron chi connectivity index (χ3n) is 3.44. The van der Waals surface area contributed by atoms with Gasteiger partial charge in [0.15, 0.2) is 0 Å². The van der Waals surface area contributed by atoms with Gasteiger partial charge in [-0.25, -0.2) is 0 Å². The fourth-order valence-corrected chi connectivity index (χ4v) is 2.83. The molecule has 4 nitrogen and oxygen atoms in total. The second-order valence-corrected chi connectivity index (χ2v) is 5.30. The molecule has 110 valence electrons. The Hall–Kier alpha value is -1.88. The van der Waals surface area contributed by atoms with Crippen LogP contribution >= 0.6 is 15.9 Å². The number of aryl methyl sites for hydroxylation is 1. The van der Waals surface area contributed by atoms with Crippen LogP contribution in [0.15, 0.2) is 42.5 Å². The van der Waals surface area contributed by atoms with Gasteiger partial charge in [0.1, 0.15) is 0 Å². The molecule has 0 fully saturated rings. The number of hydrogen-bond donors (Lipinski definition) is 0. The minimum Gasteiger partial charge on any atom is -0.342 e. The van der Waals surface area contributed by atoms with Gasteiger partial charge < -0.3 is 4.90 Å². The summed E-state index contributed by atoms with van der Waals surface area (Å²) < 4.78 is 0. The summed E-state index contributed by atoms with van der Waals surface area (Å²) in [5.74, 6) is 0. The van der Waals surface area contributed by atoms with E-state index in [0.29, 0.717) is 10.9 Å². The van der Waals surface area contributed by atoms with Crippen molar-refractivity contribution >= 4 is 33.0 Å². The monoisotopic (exact) mass is 348 g/mol. The van der Waals surface area contributed by atoms with Crippen LogP contribution < -0.4 is 4.90 Å². The summed E-state index contributed by atoms with van der Waals surface area (Å²) in [5, 5.41) is 11.5. The molecule has 0 unspecified atom stereocenters. The first kappa shape index (κ1) is 15.5. The van der Waals surface area contributed by atoms with Gasteiger partial charge >= 0.3 is 0 Å². The molecule has 2 aromatic carbocycles. The van der Waals surface area contributed by atoms with Crippen LogP contribution in [0.2, 0.25) is 0 Å². The second kappa shape index (κ2) is 6.72. The molecule has 0 atom stereocenters. The molecule has 0 aromatic heterocycles. The number of nitrogens with zero attached hydrogens (tertiary/aromatic N) is 2. The summed E-state index contributed by atoms with van der Waals surface area (Å²) in [6.07, 6.45) is 0. The smallest absolute Gasteiger partial charge is 0.273 e. The number of hydrogen-bond acceptors (Lipinski definition) is 3. The third-order valence-corrected chi connectivity index (χ3v) is 4.04. The molecule has 21 heavy (non-hydrogen) atoms. The number of alkyl halides is 1. The van der Waals surface area contributed by atoms with Gasteiger partial charge in [0, 0.05) is 34.9 Å². The van der Waals surface area contributed by atoms with Crippen LogP contribution in [0, 0.1) is 17.0 Å². The Morgan fingerprint density at radius 1 is 1.24 bits per heavy atom. The molecule has 0 aliphatic heterocycles. The standard InChI is InChI=1S/C16H17BrN2O2/c1-3-18(15-7-5-4-6-12(15)2)14-8-9-16(19(20)21)13(10-14)11-17/h4-10H,3,11H2,1-2H3. The molecule has 0 aliphatic carbocycles. The summed E-state index contributed by atoms with van der Waals surface area (Å²) >= 11 is 3.33. The molecule has 2 rings (SSSR count). The van der Waals surface area contributed by atoms with E-state index >= 15 is 0 Å². The molecular formula is C16H17BrN2O2. The van der Waals surface area contributed by atoms with Crippen LogP contribution in [0.4, 0.5) is 17.1 Å². The number of nitro benzene ring substituents is 1. The van der Waals surface area contributed by atoms with Crippen LogP contribution in [0.25, 0.3) is 0 Å². The van der Waals surface area contributed by atoms with Gasteiger partial charge in [-0.15, -0.1) is 0 Å². The van der Waals surface area contributed by atoms with E-state index in [1.54, 1.807) is 12.1 Å². The zero-order chi connectivity index (χ0) is 15.4. The molecule has 0 saturated carbocycles. The van der Waals surface area contributed by atoms with Gasteiger partial charge in [-0.2, -0.15) is 0 Å². The number of rotatable bonds is 5. The first-order chi connectivity index (χ1) is 10.1. The first-order valence-corrected chi connectivity index (χ1v) is 7.87. The van der Waals surface area contributed by atoms with E-state index in [4.69, 9.17) is 0 Å². The lowest BCUT2D eigenvalue weighted by Crippen LogP contribution is -2.17. The van der Waals surface area contributed by atoms with E-state index in [2.05, 4.69) is 46.8 Å². The van der Waals surface area contributed by atoms with Gasteiger partial charge in [-0.1, -0.05) is 34.1 Å². The number of halogens is 1. The van der Waals surface area contributed by atoms with Gasteiger partial charge in [0.25, 0.3) is 5.69 Å². The van der Waals surface area contributed by atoms with E-state index in [1.807, 2.05) is 18.2 Å². The molecule has 0 N–H and O–H groups in total. The predicted molar refractivity (Wildman–Crippen MR) is 89.6 cm³/mol. The summed E-state index contributed by atoms with van der Waals surface area (Å²) in [7, 11) is 0. The minimum atomic E-state index is -0.343. The molecule has 0 spiro atoms. The van der Waals surface area contributed by atoms with Crippen LogP contribution in [-0.2, 0) is 5.33 Å². The van der Waals surface area contributed by atoms with Crippen molar-refractivity contribution < 1.29 is 4.92 Å². The molecule has 0 radical (unpaired) electrons. The topological polar surface area (TPSA) is 46.4 Å². The first-order valence-electron chi connectivity index (χ1n) is 6.75. The van der Waals surface area contributed by atoms with Crippen molar-refractivity contribution in [2.45, 2.75) is 19.2 Å². The SMILES string of the molecule is CCN(c1ccc([N+](=O)[O-])c(CBr)c1)c1ccccc1C. The van der Waals surface area contributed by atoms with E-state index < -0.39 is 0 Å². The van der Waals surface area contributed by atoms with Crippen molar-refractivity contribution in [3.8, 4) is 0 Å². The number of para-hydroxylation sites is 1. The van der Waals surface area contributed by atoms with Crippen molar-refractivity contribution in [2.75, 3.05) is 11.4 Å². The molecule has 0 amide bonds. The Labute approximate surface area is 132 Å². The van der Waals surface area contributed by atoms with Crippen molar-refractivity contribution in [1.29, 1.82) is 0 Å². The van der Waals surface area contributed by atoms with Crippen molar-refractivity contribution in [1.82, 2.24) is 0 Å². The second-order valence-electron chi connectivity index (χ2n) is 4.73. The highest BCUT2D eigenvalue weighted by Gasteiger charge is 2.16. The average Bonchev–Trinajstić information content (AvgIpc) is 2.49. The predicted octanol–water partition coefficient (Wildman–Crippen LogP) is 4.96. The summed E-state index contributed by atoms with van der Waals surface area (Å²) in [5.41, 5.74) is 4.10. The highest BCUT2D eigenvalue weighted by atomic mass is 79.9. The molecule has 2 aromatic rings. The summed E-state index contributed by atoms with van der Waals surface area (Å²) in [4.78, 5) is 12.8. The summed E-state index contributed by atoms with van der Waals surface area (Å²) in [6.45, 7) is 4.93. The molecular weight excluding hydrogens is 332 g/mol. The highest BCUT2D eigenvalue weighted by Crippen LogP contribution is 2.32. The maximum atomic E-state index is 11.0. The van der Waals surface area contributed by atoms with Crippen molar-refractivity contribution in [3.05, 3.63) is 63.7 Å². The number of nitro groups is 1. The maximum absolute atomic E-state index is 11.0. The lowest BCUT2D eigenvalue weighted by atomic mass is 10.1. The van der Waals surface area contributed by atoms with Crippen molar-refractivity contribution in [2.24, 2.45) is 0 Å².